The number of rotatable bonds is 4. The van der Waals surface area contributed by atoms with Gasteiger partial charge in [0.2, 0.25) is 11.7 Å². The third kappa shape index (κ3) is 4.21. The topological polar surface area (TPSA) is 75.4 Å². The Bertz CT molecular complexity index is 1290. The molecule has 33 heavy (non-hydrogen) atoms. The average Bonchev–Trinajstić information content (AvgIpc) is 3.33. The fraction of sp³-hybridized carbons (Fsp3) is 0.280. The number of carbonyl (C=O) groups excluding carboxylic acids is 1. The number of hydrogen-bond acceptors (Lipinski definition) is 6. The van der Waals surface area contributed by atoms with Crippen molar-refractivity contribution in [2.45, 2.75) is 19.9 Å². The van der Waals surface area contributed by atoms with Crippen LogP contribution in [-0.2, 0) is 0 Å². The molecule has 2 aromatic carbocycles. The first-order valence-corrected chi connectivity index (χ1v) is 11.0. The summed E-state index contributed by atoms with van der Waals surface area (Å²) in [6.45, 7) is 6.38. The molecule has 1 amide bonds. The number of amides is 1. The van der Waals surface area contributed by atoms with E-state index in [1.807, 2.05) is 49.1 Å². The van der Waals surface area contributed by atoms with E-state index in [9.17, 15) is 9.18 Å². The van der Waals surface area contributed by atoms with Gasteiger partial charge in [0, 0.05) is 48.9 Å². The van der Waals surface area contributed by atoms with Crippen molar-refractivity contribution in [3.8, 4) is 11.4 Å². The summed E-state index contributed by atoms with van der Waals surface area (Å²) in [5.41, 5.74) is 2.66. The molecule has 3 heterocycles. The number of aryl methyl sites for hydroxylation is 1. The van der Waals surface area contributed by atoms with Gasteiger partial charge in [-0.3, -0.25) is 14.7 Å². The van der Waals surface area contributed by atoms with Gasteiger partial charge in [-0.25, -0.2) is 4.39 Å². The van der Waals surface area contributed by atoms with Crippen molar-refractivity contribution in [2.24, 2.45) is 0 Å². The van der Waals surface area contributed by atoms with Gasteiger partial charge in [-0.1, -0.05) is 35.5 Å². The first-order chi connectivity index (χ1) is 16.0. The minimum atomic E-state index is -0.363. The van der Waals surface area contributed by atoms with Gasteiger partial charge in [0.15, 0.2) is 0 Å². The molecule has 1 aliphatic heterocycles. The van der Waals surface area contributed by atoms with E-state index in [-0.39, 0.29) is 17.8 Å². The predicted octanol–water partition coefficient (Wildman–Crippen LogP) is 4.25. The second-order valence-corrected chi connectivity index (χ2v) is 8.30. The number of halogens is 1. The monoisotopic (exact) mass is 445 g/mol. The standard InChI is InChI=1S/C25H24FN5O2/c1-16-14-21(20-9-8-19(26)15-22(20)27-16)25(32)31-12-10-30(11-13-31)17(2)24-28-23(29-33-24)18-6-4-3-5-7-18/h3-9,14-15,17H,10-13H2,1-2H3. The molecule has 0 aliphatic carbocycles. The molecule has 0 spiro atoms. The third-order valence-corrected chi connectivity index (χ3v) is 6.11. The number of hydrogen-bond donors (Lipinski definition) is 0. The lowest BCUT2D eigenvalue weighted by atomic mass is 10.1. The van der Waals surface area contributed by atoms with E-state index >= 15 is 0 Å². The smallest absolute Gasteiger partial charge is 0.254 e. The van der Waals surface area contributed by atoms with E-state index in [0.717, 1.165) is 5.56 Å². The van der Waals surface area contributed by atoms with E-state index < -0.39 is 0 Å². The van der Waals surface area contributed by atoms with Crippen molar-refractivity contribution in [1.29, 1.82) is 0 Å². The zero-order valence-corrected chi connectivity index (χ0v) is 18.5. The van der Waals surface area contributed by atoms with E-state index in [0.29, 0.717) is 60.1 Å². The number of benzene rings is 2. The van der Waals surface area contributed by atoms with Gasteiger partial charge in [0.1, 0.15) is 5.82 Å². The highest BCUT2D eigenvalue weighted by atomic mass is 19.1. The second-order valence-electron chi connectivity index (χ2n) is 8.30. The molecule has 5 rings (SSSR count). The van der Waals surface area contributed by atoms with Gasteiger partial charge in [-0.05, 0) is 32.0 Å². The van der Waals surface area contributed by atoms with Gasteiger partial charge in [-0.2, -0.15) is 4.98 Å². The molecular weight excluding hydrogens is 421 g/mol. The van der Waals surface area contributed by atoms with Crippen molar-refractivity contribution < 1.29 is 13.7 Å². The van der Waals surface area contributed by atoms with Crippen LogP contribution < -0.4 is 0 Å². The van der Waals surface area contributed by atoms with Crippen LogP contribution in [-0.4, -0.2) is 57.0 Å². The minimum absolute atomic E-state index is 0.0563. The molecule has 0 N–H and O–H groups in total. The number of piperazine rings is 1. The van der Waals surface area contributed by atoms with Crippen LogP contribution in [0.3, 0.4) is 0 Å². The van der Waals surface area contributed by atoms with Crippen LogP contribution >= 0.6 is 0 Å². The van der Waals surface area contributed by atoms with Gasteiger partial charge in [0.05, 0.1) is 17.1 Å². The molecule has 0 radical (unpaired) electrons. The van der Waals surface area contributed by atoms with E-state index in [1.54, 1.807) is 12.1 Å². The fourth-order valence-electron chi connectivity index (χ4n) is 4.26. The van der Waals surface area contributed by atoms with Gasteiger partial charge >= 0.3 is 0 Å². The third-order valence-electron chi connectivity index (χ3n) is 6.11. The lowest BCUT2D eigenvalue weighted by molar-refractivity contribution is 0.0553. The quantitative estimate of drug-likeness (QED) is 0.468. The van der Waals surface area contributed by atoms with Crippen molar-refractivity contribution in [3.05, 3.63) is 77.6 Å². The van der Waals surface area contributed by atoms with Gasteiger partial charge < -0.3 is 9.42 Å². The summed E-state index contributed by atoms with van der Waals surface area (Å²) < 4.78 is 19.2. The molecule has 4 aromatic rings. The van der Waals surface area contributed by atoms with Crippen LogP contribution in [0.25, 0.3) is 22.3 Å². The Kier molecular flexibility index (Phi) is 5.60. The first kappa shape index (κ1) is 21.2. The molecule has 8 heteroatoms. The zero-order chi connectivity index (χ0) is 22.9. The molecule has 1 atom stereocenters. The minimum Gasteiger partial charge on any atom is -0.337 e. The molecule has 168 valence electrons. The Morgan fingerprint density at radius 1 is 1.03 bits per heavy atom. The van der Waals surface area contributed by atoms with Crippen LogP contribution in [0.1, 0.15) is 34.9 Å². The molecule has 0 saturated carbocycles. The molecule has 1 fully saturated rings. The highest BCUT2D eigenvalue weighted by Crippen LogP contribution is 2.25. The van der Waals surface area contributed by atoms with E-state index in [2.05, 4.69) is 20.0 Å². The molecular formula is C25H24FN5O2. The SMILES string of the molecule is Cc1cc(C(=O)N2CCN(C(C)c3nc(-c4ccccc4)no3)CC2)c2ccc(F)cc2n1. The van der Waals surface area contributed by atoms with Crippen molar-refractivity contribution in [1.82, 2.24) is 24.9 Å². The normalized spacial score (nSPS) is 15.7. The summed E-state index contributed by atoms with van der Waals surface area (Å²) in [6.07, 6.45) is 0. The summed E-state index contributed by atoms with van der Waals surface area (Å²) >= 11 is 0. The summed E-state index contributed by atoms with van der Waals surface area (Å²) in [7, 11) is 0. The van der Waals surface area contributed by atoms with Crippen LogP contribution in [0.2, 0.25) is 0 Å². The second kappa shape index (κ2) is 8.71. The van der Waals surface area contributed by atoms with Crippen molar-refractivity contribution in [3.63, 3.8) is 0 Å². The largest absolute Gasteiger partial charge is 0.337 e. The van der Waals surface area contributed by atoms with Crippen LogP contribution in [0.4, 0.5) is 4.39 Å². The summed E-state index contributed by atoms with van der Waals surface area (Å²) in [5.74, 6) is 0.709. The summed E-state index contributed by atoms with van der Waals surface area (Å²) in [4.78, 5) is 26.3. The van der Waals surface area contributed by atoms with Crippen LogP contribution in [0.5, 0.6) is 0 Å². The Hall–Kier alpha value is -3.65. The van der Waals surface area contributed by atoms with E-state index in [4.69, 9.17) is 4.52 Å². The molecule has 0 bridgehead atoms. The van der Waals surface area contributed by atoms with E-state index in [1.165, 1.54) is 12.1 Å². The first-order valence-electron chi connectivity index (χ1n) is 11.0. The Balaban J connectivity index is 1.28. The molecule has 1 aliphatic rings. The lowest BCUT2D eigenvalue weighted by Crippen LogP contribution is -2.49. The molecule has 2 aromatic heterocycles. The maximum atomic E-state index is 13.7. The number of pyridine rings is 1. The maximum absolute atomic E-state index is 13.7. The van der Waals surface area contributed by atoms with Crippen LogP contribution in [0.15, 0.2) is 59.1 Å². The fourth-order valence-corrected chi connectivity index (χ4v) is 4.26. The highest BCUT2D eigenvalue weighted by molar-refractivity contribution is 6.06. The Morgan fingerprint density at radius 2 is 1.79 bits per heavy atom. The Morgan fingerprint density at radius 3 is 2.55 bits per heavy atom. The van der Waals surface area contributed by atoms with Gasteiger partial charge in [-0.15, -0.1) is 0 Å². The van der Waals surface area contributed by atoms with Crippen molar-refractivity contribution >= 4 is 16.8 Å². The number of nitrogens with zero attached hydrogens (tertiary/aromatic N) is 5. The molecule has 1 saturated heterocycles. The predicted molar refractivity (Wildman–Crippen MR) is 122 cm³/mol. The van der Waals surface area contributed by atoms with Crippen LogP contribution in [0, 0.1) is 12.7 Å². The molecule has 7 nitrogen and oxygen atoms in total. The highest BCUT2D eigenvalue weighted by Gasteiger charge is 2.29. The molecule has 1 unspecified atom stereocenters. The maximum Gasteiger partial charge on any atom is 0.254 e. The number of fused-ring (bicyclic) bond motifs is 1. The number of aromatic nitrogens is 3. The summed E-state index contributed by atoms with van der Waals surface area (Å²) in [6, 6.07) is 15.8. The van der Waals surface area contributed by atoms with Gasteiger partial charge in [0.25, 0.3) is 5.91 Å². The average molecular weight is 445 g/mol. The summed E-state index contributed by atoms with van der Waals surface area (Å²) in [5, 5.41) is 4.79. The number of carbonyl (C=O) groups is 1. The van der Waals surface area contributed by atoms with Crippen molar-refractivity contribution in [2.75, 3.05) is 26.2 Å². The Labute approximate surface area is 190 Å². The lowest BCUT2D eigenvalue weighted by Gasteiger charge is -2.37. The zero-order valence-electron chi connectivity index (χ0n) is 18.5.